The third kappa shape index (κ3) is 4.02. The average molecular weight is 422 g/mol. The van der Waals surface area contributed by atoms with Crippen molar-refractivity contribution in [2.75, 3.05) is 11.9 Å². The maximum atomic E-state index is 12.8. The molecule has 1 amide bonds. The summed E-state index contributed by atoms with van der Waals surface area (Å²) in [4.78, 5) is 25.1. The first kappa shape index (κ1) is 20.0. The summed E-state index contributed by atoms with van der Waals surface area (Å²) in [5.41, 5.74) is 4.16. The van der Waals surface area contributed by atoms with Crippen molar-refractivity contribution in [3.8, 4) is 5.75 Å². The average Bonchev–Trinajstić information content (AvgIpc) is 2.67. The highest BCUT2D eigenvalue weighted by atomic mass is 35.5. The molecule has 0 aliphatic heterocycles. The van der Waals surface area contributed by atoms with Gasteiger partial charge in [0.2, 0.25) is 5.43 Å². The van der Waals surface area contributed by atoms with E-state index in [0.29, 0.717) is 38.4 Å². The first-order valence-corrected chi connectivity index (χ1v) is 9.85. The molecule has 0 radical (unpaired) electrons. The molecule has 3 aromatic carbocycles. The maximum Gasteiger partial charge on any atom is 0.262 e. The fourth-order valence-electron chi connectivity index (χ4n) is 3.41. The Morgan fingerprint density at radius 1 is 0.967 bits per heavy atom. The van der Waals surface area contributed by atoms with Gasteiger partial charge in [-0.05, 0) is 73.9 Å². The number of ether oxygens (including phenoxy) is 1. The van der Waals surface area contributed by atoms with Gasteiger partial charge in [0.1, 0.15) is 16.9 Å². The van der Waals surface area contributed by atoms with Crippen LogP contribution in [0.15, 0.2) is 57.7 Å². The van der Waals surface area contributed by atoms with E-state index in [-0.39, 0.29) is 17.9 Å². The normalized spacial score (nSPS) is 11.1. The van der Waals surface area contributed by atoms with E-state index in [4.69, 9.17) is 20.8 Å². The molecule has 0 fully saturated rings. The molecular weight excluding hydrogens is 402 g/mol. The number of benzene rings is 3. The second-order valence-corrected chi connectivity index (χ2v) is 7.81. The van der Waals surface area contributed by atoms with Gasteiger partial charge in [-0.2, -0.15) is 0 Å². The van der Waals surface area contributed by atoms with Crippen LogP contribution in [0.3, 0.4) is 0 Å². The maximum absolute atomic E-state index is 12.8. The van der Waals surface area contributed by atoms with Crippen LogP contribution >= 0.6 is 11.6 Å². The monoisotopic (exact) mass is 421 g/mol. The molecule has 152 valence electrons. The standard InChI is InChI=1S/C24H20ClNO4/c1-13-6-14(2)8-17(7-13)29-12-23(27)26-16-4-5-18-22(10-16)30-21-9-15(3)20(25)11-19(21)24(18)28/h4-11H,12H2,1-3H3,(H,26,27). The minimum atomic E-state index is -0.306. The van der Waals surface area contributed by atoms with Crippen LogP contribution in [0, 0.1) is 20.8 Å². The number of rotatable bonds is 4. The zero-order valence-electron chi connectivity index (χ0n) is 16.8. The summed E-state index contributed by atoms with van der Waals surface area (Å²) in [6.07, 6.45) is 0. The third-order valence-corrected chi connectivity index (χ3v) is 5.21. The van der Waals surface area contributed by atoms with Gasteiger partial charge in [-0.3, -0.25) is 9.59 Å². The Balaban J connectivity index is 1.57. The molecule has 30 heavy (non-hydrogen) atoms. The number of nitrogens with one attached hydrogen (secondary N) is 1. The first-order valence-electron chi connectivity index (χ1n) is 9.48. The summed E-state index contributed by atoms with van der Waals surface area (Å²) >= 11 is 6.14. The lowest BCUT2D eigenvalue weighted by atomic mass is 10.1. The Morgan fingerprint density at radius 3 is 2.40 bits per heavy atom. The Morgan fingerprint density at radius 2 is 1.67 bits per heavy atom. The molecule has 0 spiro atoms. The lowest BCUT2D eigenvalue weighted by Gasteiger charge is -2.10. The van der Waals surface area contributed by atoms with Gasteiger partial charge in [0.25, 0.3) is 5.91 Å². The number of fused-ring (bicyclic) bond motifs is 2. The fraction of sp³-hybridized carbons (Fsp3) is 0.167. The Kier molecular flexibility index (Phi) is 5.22. The minimum absolute atomic E-state index is 0.125. The number of carbonyl (C=O) groups is 1. The molecule has 0 unspecified atom stereocenters. The van der Waals surface area contributed by atoms with Crippen LogP contribution < -0.4 is 15.5 Å². The molecule has 0 bridgehead atoms. The van der Waals surface area contributed by atoms with Gasteiger partial charge in [-0.25, -0.2) is 0 Å². The van der Waals surface area contributed by atoms with Crippen LogP contribution in [0.1, 0.15) is 16.7 Å². The number of hydrogen-bond donors (Lipinski definition) is 1. The number of halogens is 1. The van der Waals surface area contributed by atoms with Gasteiger partial charge in [0, 0.05) is 16.8 Å². The highest BCUT2D eigenvalue weighted by molar-refractivity contribution is 6.32. The van der Waals surface area contributed by atoms with E-state index in [1.807, 2.05) is 39.0 Å². The number of aryl methyl sites for hydroxylation is 3. The largest absolute Gasteiger partial charge is 0.484 e. The van der Waals surface area contributed by atoms with E-state index < -0.39 is 0 Å². The molecule has 1 N–H and O–H groups in total. The van der Waals surface area contributed by atoms with Crippen molar-refractivity contribution in [1.29, 1.82) is 0 Å². The summed E-state index contributed by atoms with van der Waals surface area (Å²) < 4.78 is 11.5. The predicted octanol–water partition coefficient (Wildman–Crippen LogP) is 5.54. The van der Waals surface area contributed by atoms with Crippen LogP contribution in [0.2, 0.25) is 5.02 Å². The smallest absolute Gasteiger partial charge is 0.262 e. The minimum Gasteiger partial charge on any atom is -0.484 e. The molecule has 0 aliphatic rings. The molecule has 1 aromatic heterocycles. The van der Waals surface area contributed by atoms with Gasteiger partial charge < -0.3 is 14.5 Å². The van der Waals surface area contributed by atoms with Gasteiger partial charge in [0.05, 0.1) is 10.8 Å². The lowest BCUT2D eigenvalue weighted by Crippen LogP contribution is -2.20. The van der Waals surface area contributed by atoms with Gasteiger partial charge in [0.15, 0.2) is 6.61 Å². The highest BCUT2D eigenvalue weighted by Crippen LogP contribution is 2.26. The Bertz CT molecular complexity index is 1340. The zero-order chi connectivity index (χ0) is 21.4. The summed E-state index contributed by atoms with van der Waals surface area (Å²) in [6, 6.07) is 14.1. The molecule has 4 rings (SSSR count). The number of hydrogen-bond acceptors (Lipinski definition) is 4. The van der Waals surface area contributed by atoms with Crippen molar-refractivity contribution in [2.45, 2.75) is 20.8 Å². The van der Waals surface area contributed by atoms with Gasteiger partial charge in [-0.15, -0.1) is 0 Å². The number of anilines is 1. The Labute approximate surface area is 178 Å². The molecule has 0 atom stereocenters. The van der Waals surface area contributed by atoms with Crippen LogP contribution in [0.4, 0.5) is 5.69 Å². The molecule has 0 aliphatic carbocycles. The molecule has 0 saturated heterocycles. The topological polar surface area (TPSA) is 68.5 Å². The van der Waals surface area contributed by atoms with E-state index in [1.54, 1.807) is 30.3 Å². The van der Waals surface area contributed by atoms with Crippen LogP contribution in [-0.4, -0.2) is 12.5 Å². The van der Waals surface area contributed by atoms with Crippen molar-refractivity contribution in [3.63, 3.8) is 0 Å². The molecule has 0 saturated carbocycles. The SMILES string of the molecule is Cc1cc(C)cc(OCC(=O)Nc2ccc3c(=O)c4cc(Cl)c(C)cc4oc3c2)c1. The van der Waals surface area contributed by atoms with Crippen molar-refractivity contribution in [2.24, 2.45) is 0 Å². The van der Waals surface area contributed by atoms with Gasteiger partial charge in [-0.1, -0.05) is 17.7 Å². The van der Waals surface area contributed by atoms with E-state index in [1.165, 1.54) is 0 Å². The molecule has 1 heterocycles. The van der Waals surface area contributed by atoms with E-state index in [9.17, 15) is 9.59 Å². The molecule has 5 nitrogen and oxygen atoms in total. The second-order valence-electron chi connectivity index (χ2n) is 7.40. The lowest BCUT2D eigenvalue weighted by molar-refractivity contribution is -0.118. The quantitative estimate of drug-likeness (QED) is 0.439. The molecular formula is C24H20ClNO4. The van der Waals surface area contributed by atoms with Crippen molar-refractivity contribution >= 4 is 45.1 Å². The van der Waals surface area contributed by atoms with Crippen molar-refractivity contribution in [1.82, 2.24) is 0 Å². The fourth-order valence-corrected chi connectivity index (χ4v) is 3.58. The molecule has 4 aromatic rings. The Hall–Kier alpha value is -3.31. The van der Waals surface area contributed by atoms with Crippen molar-refractivity contribution < 1.29 is 13.9 Å². The zero-order valence-corrected chi connectivity index (χ0v) is 17.6. The summed E-state index contributed by atoms with van der Waals surface area (Å²) in [7, 11) is 0. The first-order chi connectivity index (χ1) is 14.3. The number of amides is 1. The third-order valence-electron chi connectivity index (χ3n) is 4.80. The van der Waals surface area contributed by atoms with Crippen LogP contribution in [0.5, 0.6) is 5.75 Å². The van der Waals surface area contributed by atoms with E-state index in [0.717, 1.165) is 16.7 Å². The number of carbonyl (C=O) groups excluding carboxylic acids is 1. The van der Waals surface area contributed by atoms with Crippen LogP contribution in [0.25, 0.3) is 21.9 Å². The predicted molar refractivity (Wildman–Crippen MR) is 120 cm³/mol. The second kappa shape index (κ2) is 7.84. The van der Waals surface area contributed by atoms with E-state index >= 15 is 0 Å². The molecule has 6 heteroatoms. The van der Waals surface area contributed by atoms with Gasteiger partial charge >= 0.3 is 0 Å². The van der Waals surface area contributed by atoms with Crippen molar-refractivity contribution in [3.05, 3.63) is 80.5 Å². The summed E-state index contributed by atoms with van der Waals surface area (Å²) in [5, 5.41) is 4.14. The summed E-state index contributed by atoms with van der Waals surface area (Å²) in [5.74, 6) is 0.340. The highest BCUT2D eigenvalue weighted by Gasteiger charge is 2.12. The van der Waals surface area contributed by atoms with E-state index in [2.05, 4.69) is 5.32 Å². The summed E-state index contributed by atoms with van der Waals surface area (Å²) in [6.45, 7) is 5.67. The van der Waals surface area contributed by atoms with Crippen LogP contribution in [-0.2, 0) is 4.79 Å².